The van der Waals surface area contributed by atoms with Gasteiger partial charge in [-0.1, -0.05) is 40.7 Å². The molecular formula is C16H30O2. The fourth-order valence-electron chi connectivity index (χ4n) is 2.88. The minimum Gasteiger partial charge on any atom is -0.478 e. The molecule has 0 bridgehead atoms. The Bertz CT molecular complexity index is 279. The van der Waals surface area contributed by atoms with Gasteiger partial charge in [0, 0.05) is 5.57 Å². The lowest BCUT2D eigenvalue weighted by molar-refractivity contribution is -0.132. The van der Waals surface area contributed by atoms with Gasteiger partial charge in [0.1, 0.15) is 0 Å². The standard InChI is InChI=1S/C16H30O2/c1-11(2)7-12(3)8-13(4)9-14(5)10-15(6)16(17)18/h10-14H,7-9H2,1-6H3,(H,17,18). The van der Waals surface area contributed by atoms with Gasteiger partial charge in [0.2, 0.25) is 0 Å². The highest BCUT2D eigenvalue weighted by Gasteiger charge is 2.13. The first kappa shape index (κ1) is 17.2. The van der Waals surface area contributed by atoms with E-state index < -0.39 is 5.97 Å². The van der Waals surface area contributed by atoms with Crippen LogP contribution in [0.25, 0.3) is 0 Å². The molecule has 3 atom stereocenters. The third-order valence-corrected chi connectivity index (χ3v) is 3.32. The highest BCUT2D eigenvalue weighted by atomic mass is 16.4. The molecule has 2 heteroatoms. The lowest BCUT2D eigenvalue weighted by atomic mass is 9.85. The molecule has 1 N–H and O–H groups in total. The van der Waals surface area contributed by atoms with Crippen LogP contribution < -0.4 is 0 Å². The largest absolute Gasteiger partial charge is 0.478 e. The molecule has 0 saturated heterocycles. The van der Waals surface area contributed by atoms with Crippen LogP contribution in [0, 0.1) is 23.7 Å². The van der Waals surface area contributed by atoms with Gasteiger partial charge in [0.15, 0.2) is 0 Å². The van der Waals surface area contributed by atoms with Crippen LogP contribution in [0.5, 0.6) is 0 Å². The Labute approximate surface area is 112 Å². The SMILES string of the molecule is CC(=CC(C)CC(C)CC(C)CC(C)C)C(=O)O. The van der Waals surface area contributed by atoms with Crippen molar-refractivity contribution in [3.05, 3.63) is 11.6 Å². The summed E-state index contributed by atoms with van der Waals surface area (Å²) in [4.78, 5) is 10.8. The third kappa shape index (κ3) is 8.32. The van der Waals surface area contributed by atoms with Crippen molar-refractivity contribution in [2.45, 2.75) is 60.8 Å². The van der Waals surface area contributed by atoms with E-state index in [-0.39, 0.29) is 0 Å². The number of rotatable bonds is 8. The van der Waals surface area contributed by atoms with Crippen LogP contribution in [0.15, 0.2) is 11.6 Å². The minimum absolute atomic E-state index is 0.349. The Kier molecular flexibility index (Phi) is 7.97. The monoisotopic (exact) mass is 254 g/mol. The number of carbonyl (C=O) groups is 1. The summed E-state index contributed by atoms with van der Waals surface area (Å²) in [5.41, 5.74) is 0.463. The Morgan fingerprint density at radius 2 is 1.50 bits per heavy atom. The molecule has 0 aliphatic rings. The molecule has 18 heavy (non-hydrogen) atoms. The third-order valence-electron chi connectivity index (χ3n) is 3.32. The van der Waals surface area contributed by atoms with Crippen molar-refractivity contribution in [3.8, 4) is 0 Å². The van der Waals surface area contributed by atoms with Gasteiger partial charge >= 0.3 is 5.97 Å². The maximum Gasteiger partial charge on any atom is 0.330 e. The van der Waals surface area contributed by atoms with Gasteiger partial charge in [-0.05, 0) is 49.9 Å². The molecule has 0 aliphatic carbocycles. The fraction of sp³-hybridized carbons (Fsp3) is 0.812. The second-order valence-corrected chi connectivity index (χ2v) is 6.44. The Morgan fingerprint density at radius 3 is 1.94 bits per heavy atom. The summed E-state index contributed by atoms with van der Waals surface area (Å²) >= 11 is 0. The molecule has 0 fully saturated rings. The minimum atomic E-state index is -0.803. The number of carboxylic acids is 1. The predicted octanol–water partition coefficient (Wildman–Crippen LogP) is 4.75. The van der Waals surface area contributed by atoms with Crippen molar-refractivity contribution >= 4 is 5.97 Å². The molecule has 0 aromatic carbocycles. The Hall–Kier alpha value is -0.790. The van der Waals surface area contributed by atoms with E-state index in [9.17, 15) is 4.79 Å². The second kappa shape index (κ2) is 8.34. The van der Waals surface area contributed by atoms with E-state index in [0.29, 0.717) is 17.4 Å². The average Bonchev–Trinajstić information content (AvgIpc) is 2.14. The van der Waals surface area contributed by atoms with Gasteiger partial charge in [-0.15, -0.1) is 0 Å². The molecule has 2 nitrogen and oxygen atoms in total. The van der Waals surface area contributed by atoms with Crippen molar-refractivity contribution in [1.82, 2.24) is 0 Å². The van der Waals surface area contributed by atoms with Crippen molar-refractivity contribution in [2.24, 2.45) is 23.7 Å². The van der Waals surface area contributed by atoms with E-state index in [0.717, 1.165) is 18.3 Å². The highest BCUT2D eigenvalue weighted by molar-refractivity contribution is 5.85. The molecular weight excluding hydrogens is 224 g/mol. The highest BCUT2D eigenvalue weighted by Crippen LogP contribution is 2.24. The summed E-state index contributed by atoms with van der Waals surface area (Å²) in [7, 11) is 0. The number of allylic oxidation sites excluding steroid dienone is 1. The van der Waals surface area contributed by atoms with Crippen LogP contribution in [0.2, 0.25) is 0 Å². The van der Waals surface area contributed by atoms with E-state index >= 15 is 0 Å². The first-order chi connectivity index (χ1) is 8.22. The van der Waals surface area contributed by atoms with Crippen LogP contribution in [-0.2, 0) is 4.79 Å². The fourth-order valence-corrected chi connectivity index (χ4v) is 2.88. The molecule has 0 radical (unpaired) electrons. The van der Waals surface area contributed by atoms with Gasteiger partial charge in [-0.2, -0.15) is 0 Å². The maximum absolute atomic E-state index is 10.8. The number of hydrogen-bond donors (Lipinski definition) is 1. The van der Waals surface area contributed by atoms with Gasteiger partial charge in [-0.25, -0.2) is 4.79 Å². The molecule has 0 spiro atoms. The van der Waals surface area contributed by atoms with Crippen molar-refractivity contribution in [1.29, 1.82) is 0 Å². The molecule has 0 rings (SSSR count). The van der Waals surface area contributed by atoms with Gasteiger partial charge in [0.05, 0.1) is 0 Å². The zero-order valence-corrected chi connectivity index (χ0v) is 12.9. The van der Waals surface area contributed by atoms with E-state index in [1.807, 2.05) is 6.08 Å². The van der Waals surface area contributed by atoms with E-state index in [1.54, 1.807) is 6.92 Å². The molecule has 0 saturated carbocycles. The Balaban J connectivity index is 4.12. The summed E-state index contributed by atoms with van der Waals surface area (Å²) in [6.07, 6.45) is 5.48. The lowest BCUT2D eigenvalue weighted by Crippen LogP contribution is -2.09. The molecule has 0 aromatic heterocycles. The number of aliphatic carboxylic acids is 1. The molecule has 106 valence electrons. The first-order valence-corrected chi connectivity index (χ1v) is 7.14. The van der Waals surface area contributed by atoms with Gasteiger partial charge < -0.3 is 5.11 Å². The van der Waals surface area contributed by atoms with Crippen LogP contribution in [0.1, 0.15) is 60.8 Å². The molecule has 3 unspecified atom stereocenters. The average molecular weight is 254 g/mol. The van der Waals surface area contributed by atoms with Crippen molar-refractivity contribution in [3.63, 3.8) is 0 Å². The lowest BCUT2D eigenvalue weighted by Gasteiger charge is -2.20. The predicted molar refractivity (Wildman–Crippen MR) is 77.6 cm³/mol. The topological polar surface area (TPSA) is 37.3 Å². The van der Waals surface area contributed by atoms with Crippen LogP contribution in [-0.4, -0.2) is 11.1 Å². The molecule has 0 aromatic rings. The smallest absolute Gasteiger partial charge is 0.330 e. The van der Waals surface area contributed by atoms with Crippen LogP contribution >= 0.6 is 0 Å². The quantitative estimate of drug-likeness (QED) is 0.634. The second-order valence-electron chi connectivity index (χ2n) is 6.44. The summed E-state index contributed by atoms with van der Waals surface area (Å²) in [5.74, 6) is 1.73. The summed E-state index contributed by atoms with van der Waals surface area (Å²) < 4.78 is 0. The van der Waals surface area contributed by atoms with Gasteiger partial charge in [0.25, 0.3) is 0 Å². The van der Waals surface area contributed by atoms with E-state index in [4.69, 9.17) is 5.11 Å². The van der Waals surface area contributed by atoms with E-state index in [1.165, 1.54) is 12.8 Å². The molecule has 0 heterocycles. The number of hydrogen-bond acceptors (Lipinski definition) is 1. The summed E-state index contributed by atoms with van der Waals surface area (Å²) in [6, 6.07) is 0. The van der Waals surface area contributed by atoms with E-state index in [2.05, 4.69) is 34.6 Å². The summed E-state index contributed by atoms with van der Waals surface area (Å²) in [5, 5.41) is 8.84. The molecule has 0 aliphatic heterocycles. The Morgan fingerprint density at radius 1 is 1.00 bits per heavy atom. The molecule has 0 amide bonds. The summed E-state index contributed by atoms with van der Waals surface area (Å²) in [6.45, 7) is 12.9. The first-order valence-electron chi connectivity index (χ1n) is 7.14. The zero-order valence-electron chi connectivity index (χ0n) is 12.9. The van der Waals surface area contributed by atoms with Crippen LogP contribution in [0.3, 0.4) is 0 Å². The van der Waals surface area contributed by atoms with Crippen molar-refractivity contribution in [2.75, 3.05) is 0 Å². The van der Waals surface area contributed by atoms with Gasteiger partial charge in [-0.3, -0.25) is 0 Å². The van der Waals surface area contributed by atoms with Crippen LogP contribution in [0.4, 0.5) is 0 Å². The maximum atomic E-state index is 10.8. The normalized spacial score (nSPS) is 17.6. The number of carboxylic acid groups (broad SMARTS) is 1. The van der Waals surface area contributed by atoms with Crippen molar-refractivity contribution < 1.29 is 9.90 Å². The zero-order chi connectivity index (χ0) is 14.3.